The Morgan fingerprint density at radius 2 is 1.83 bits per heavy atom. The van der Waals surface area contributed by atoms with Crippen molar-refractivity contribution in [1.29, 1.82) is 0 Å². The summed E-state index contributed by atoms with van der Waals surface area (Å²) in [6.45, 7) is 2.45. The summed E-state index contributed by atoms with van der Waals surface area (Å²) in [6, 6.07) is 15.1. The highest BCUT2D eigenvalue weighted by Gasteiger charge is 2.71. The third-order valence-corrected chi connectivity index (χ3v) is 13.4. The first-order chi connectivity index (χ1) is 23.0. The van der Waals surface area contributed by atoms with Crippen LogP contribution in [0.5, 0.6) is 0 Å². The number of aromatic amines is 1. The average Bonchev–Trinajstić information content (AvgIpc) is 3.74. The zero-order chi connectivity index (χ0) is 33.5. The maximum atomic E-state index is 13.9. The lowest BCUT2D eigenvalue weighted by molar-refractivity contribution is -0.237. The van der Waals surface area contributed by atoms with Gasteiger partial charge in [-0.25, -0.2) is 10.2 Å². The molecule has 3 aromatic rings. The molecule has 9 nitrogen and oxygen atoms in total. The highest BCUT2D eigenvalue weighted by Crippen LogP contribution is 2.70. The number of aliphatic hydroxyl groups excluding tert-OH is 1. The van der Waals surface area contributed by atoms with Gasteiger partial charge in [0.15, 0.2) is 0 Å². The van der Waals surface area contributed by atoms with E-state index in [-0.39, 0.29) is 36.8 Å². The molecule has 1 aliphatic heterocycles. The number of hydrogen-bond donors (Lipinski definition) is 5. The fraction of sp³-hybridized carbons (Fsp3) is 0.500. The zero-order valence-electron chi connectivity index (χ0n) is 27.0. The number of hydrogen-bond acceptors (Lipinski definition) is 7. The number of aliphatic hydroxyl groups is 3. The zero-order valence-corrected chi connectivity index (χ0v) is 27.8. The summed E-state index contributed by atoms with van der Waals surface area (Å²) in [5.74, 6) is -0.897. The largest absolute Gasteiger partial charge is 0.458 e. The van der Waals surface area contributed by atoms with E-state index in [9.17, 15) is 24.9 Å². The number of esters is 1. The summed E-state index contributed by atoms with van der Waals surface area (Å²) in [5, 5.41) is 41.8. The third kappa shape index (κ3) is 4.57. The molecule has 0 bridgehead atoms. The van der Waals surface area contributed by atoms with E-state index in [4.69, 9.17) is 16.3 Å². The van der Waals surface area contributed by atoms with Gasteiger partial charge in [0.05, 0.1) is 17.3 Å². The number of halogens is 1. The lowest BCUT2D eigenvalue weighted by atomic mass is 9.41. The molecule has 5 aliphatic rings. The Labute approximate surface area is 284 Å². The van der Waals surface area contributed by atoms with Crippen LogP contribution in [0.1, 0.15) is 75.2 Å². The number of benzene rings is 2. The van der Waals surface area contributed by atoms with Crippen molar-refractivity contribution < 1.29 is 29.6 Å². The lowest BCUT2D eigenvalue weighted by Gasteiger charge is -2.65. The number of cyclic esters (lactones) is 1. The Bertz CT molecular complexity index is 1860. The highest BCUT2D eigenvalue weighted by molar-refractivity contribution is 6.31. The summed E-state index contributed by atoms with van der Waals surface area (Å²) in [4.78, 5) is 29.1. The van der Waals surface area contributed by atoms with Crippen molar-refractivity contribution in [2.45, 2.75) is 82.0 Å². The van der Waals surface area contributed by atoms with Crippen molar-refractivity contribution in [2.24, 2.45) is 33.7 Å². The quantitative estimate of drug-likeness (QED) is 0.130. The SMILES string of the molecule is C[C@]12CC[C@H]3[C@@H](CC[C@]4(O)C[C@H](O)CC[C@]34/C=N\NC(=O)c3[nH]c4ccc(Cl)cc4c3-c3ccccc3)[C@@]1(O)CC[C@@H]2C1=CC(=O)OC1. The van der Waals surface area contributed by atoms with E-state index in [1.807, 2.05) is 42.5 Å². The van der Waals surface area contributed by atoms with E-state index < -0.39 is 34.0 Å². The van der Waals surface area contributed by atoms with Crippen LogP contribution in [0.2, 0.25) is 5.02 Å². The van der Waals surface area contributed by atoms with Crippen LogP contribution >= 0.6 is 11.6 Å². The van der Waals surface area contributed by atoms with Crippen LogP contribution in [-0.2, 0) is 9.53 Å². The van der Waals surface area contributed by atoms with Gasteiger partial charge in [0.1, 0.15) is 12.3 Å². The van der Waals surface area contributed by atoms with Gasteiger partial charge in [0, 0.05) is 51.0 Å². The number of carbonyl (C=O) groups excluding carboxylic acids is 2. The molecule has 0 spiro atoms. The van der Waals surface area contributed by atoms with E-state index in [0.29, 0.717) is 42.8 Å². The van der Waals surface area contributed by atoms with Gasteiger partial charge in [0.25, 0.3) is 5.91 Å². The molecule has 48 heavy (non-hydrogen) atoms. The summed E-state index contributed by atoms with van der Waals surface area (Å²) in [7, 11) is 0. The monoisotopic (exact) mass is 671 g/mol. The van der Waals surface area contributed by atoms with Gasteiger partial charge in [-0.1, -0.05) is 48.9 Å². The average molecular weight is 672 g/mol. The predicted molar refractivity (Wildman–Crippen MR) is 182 cm³/mol. The van der Waals surface area contributed by atoms with Crippen LogP contribution in [0.4, 0.5) is 0 Å². The second-order valence-corrected chi connectivity index (χ2v) is 15.6. The number of ether oxygens (including phenoxy) is 1. The van der Waals surface area contributed by atoms with Crippen LogP contribution in [-0.4, -0.2) is 62.3 Å². The van der Waals surface area contributed by atoms with Crippen molar-refractivity contribution in [3.8, 4) is 11.1 Å². The number of fused-ring (bicyclic) bond motifs is 6. The number of nitrogens with zero attached hydrogens (tertiary/aromatic N) is 1. The summed E-state index contributed by atoms with van der Waals surface area (Å²) in [6.07, 6.45) is 7.83. The van der Waals surface area contributed by atoms with Crippen LogP contribution in [0.25, 0.3) is 22.0 Å². The lowest BCUT2D eigenvalue weighted by Crippen LogP contribution is -2.68. The summed E-state index contributed by atoms with van der Waals surface area (Å²) >= 11 is 6.36. The Kier molecular flexibility index (Phi) is 7.45. The maximum Gasteiger partial charge on any atom is 0.331 e. The van der Waals surface area contributed by atoms with Gasteiger partial charge in [-0.15, -0.1) is 0 Å². The minimum absolute atomic E-state index is 0.0535. The molecule has 5 N–H and O–H groups in total. The van der Waals surface area contributed by atoms with Crippen LogP contribution < -0.4 is 5.43 Å². The van der Waals surface area contributed by atoms with E-state index >= 15 is 0 Å². The van der Waals surface area contributed by atoms with E-state index in [2.05, 4.69) is 22.4 Å². The van der Waals surface area contributed by atoms with Gasteiger partial charge in [0.2, 0.25) is 0 Å². The van der Waals surface area contributed by atoms with Gasteiger partial charge in [-0.05, 0) is 98.5 Å². The van der Waals surface area contributed by atoms with Gasteiger partial charge < -0.3 is 25.0 Å². The fourth-order valence-electron chi connectivity index (χ4n) is 10.9. The Hall–Kier alpha value is -3.50. The number of rotatable bonds is 5. The fourth-order valence-corrected chi connectivity index (χ4v) is 11.0. The summed E-state index contributed by atoms with van der Waals surface area (Å²) in [5.41, 5.74) is 2.95. The van der Waals surface area contributed by atoms with E-state index in [1.165, 1.54) is 0 Å². The van der Waals surface area contributed by atoms with E-state index in [1.54, 1.807) is 18.4 Å². The molecule has 252 valence electrons. The first-order valence-corrected chi connectivity index (χ1v) is 17.6. The minimum Gasteiger partial charge on any atom is -0.458 e. The van der Waals surface area contributed by atoms with Crippen molar-refractivity contribution in [3.63, 3.8) is 0 Å². The smallest absolute Gasteiger partial charge is 0.331 e. The number of carbonyl (C=O) groups is 2. The topological polar surface area (TPSA) is 144 Å². The molecule has 4 aliphatic carbocycles. The third-order valence-electron chi connectivity index (χ3n) is 13.2. The minimum atomic E-state index is -1.23. The molecule has 0 unspecified atom stereocenters. The van der Waals surface area contributed by atoms with Crippen molar-refractivity contribution in [3.05, 3.63) is 70.9 Å². The second kappa shape index (κ2) is 11.3. The highest BCUT2D eigenvalue weighted by atomic mass is 35.5. The Morgan fingerprint density at radius 1 is 1.04 bits per heavy atom. The van der Waals surface area contributed by atoms with Gasteiger partial charge in [-0.2, -0.15) is 5.10 Å². The second-order valence-electron chi connectivity index (χ2n) is 15.1. The number of aromatic nitrogens is 1. The van der Waals surface area contributed by atoms with Crippen molar-refractivity contribution in [2.75, 3.05) is 6.61 Å². The molecule has 2 aromatic carbocycles. The molecule has 8 rings (SSSR count). The number of H-pyrrole nitrogens is 1. The molecule has 0 radical (unpaired) electrons. The van der Waals surface area contributed by atoms with Crippen LogP contribution in [0.15, 0.2) is 65.3 Å². The molecule has 1 aromatic heterocycles. The molecule has 4 saturated carbocycles. The Morgan fingerprint density at radius 3 is 2.60 bits per heavy atom. The molecule has 4 fully saturated rings. The van der Waals surface area contributed by atoms with Gasteiger partial charge in [-0.3, -0.25) is 4.79 Å². The maximum absolute atomic E-state index is 13.9. The van der Waals surface area contributed by atoms with Crippen LogP contribution in [0.3, 0.4) is 0 Å². The molecular weight excluding hydrogens is 630 g/mol. The van der Waals surface area contributed by atoms with Crippen LogP contribution in [0, 0.1) is 28.6 Å². The molecule has 0 saturated heterocycles. The molecule has 8 atom stereocenters. The predicted octanol–water partition coefficient (Wildman–Crippen LogP) is 5.92. The standard InChI is InChI=1S/C38H42ClN3O6/c1-35-13-10-28-29(38(35,47)16-12-27(35)23-17-31(44)48-20-23)11-15-37(46)19-25(43)9-14-36(28,37)21-40-42-34(45)33-32(22-5-3-2-4-6-22)26-18-24(39)7-8-30(26)41-33/h2-8,17-18,21,25,27-29,41,43,46-47H,9-16,19-20H2,1H3,(H,42,45)/b40-21-/t25-,27-,28+,29-,35-,36+,37+,38+/m1/s1. The molecule has 10 heteroatoms. The molecule has 2 heterocycles. The van der Waals surface area contributed by atoms with Crippen molar-refractivity contribution in [1.82, 2.24) is 10.4 Å². The molecular formula is C38H42ClN3O6. The number of amides is 1. The number of nitrogens with one attached hydrogen (secondary N) is 2. The van der Waals surface area contributed by atoms with E-state index in [0.717, 1.165) is 46.9 Å². The molecule has 1 amide bonds. The normalized spacial score (nSPS) is 37.5. The first-order valence-electron chi connectivity index (χ1n) is 17.2. The van der Waals surface area contributed by atoms with Gasteiger partial charge >= 0.3 is 5.97 Å². The first kappa shape index (κ1) is 31.7. The number of hydrazone groups is 1. The Balaban J connectivity index is 1.13. The van der Waals surface area contributed by atoms with Crippen molar-refractivity contribution >= 4 is 40.6 Å². The summed E-state index contributed by atoms with van der Waals surface area (Å²) < 4.78 is 5.27.